The fourth-order valence-corrected chi connectivity index (χ4v) is 2.48. The fraction of sp³-hybridized carbons (Fsp3) is 0.143. The van der Waals surface area contributed by atoms with E-state index in [1.54, 1.807) is 0 Å². The normalized spacial score (nSPS) is 12.5. The number of hydrogen-bond donors (Lipinski definition) is 1. The maximum atomic E-state index is 14.2. The zero-order valence-corrected chi connectivity index (χ0v) is 13.0. The summed E-state index contributed by atoms with van der Waals surface area (Å²) in [5.41, 5.74) is -0.190. The molecular formula is C14H9BrClF4N. The van der Waals surface area contributed by atoms with Crippen molar-refractivity contribution in [3.05, 3.63) is 68.2 Å². The first-order valence-corrected chi connectivity index (χ1v) is 6.99. The molecule has 1 atom stereocenters. The summed E-state index contributed by atoms with van der Waals surface area (Å²) in [5.74, 6) is -5.04. The third kappa shape index (κ3) is 2.93. The van der Waals surface area contributed by atoms with Gasteiger partial charge in [0.15, 0.2) is 17.5 Å². The second-order valence-electron chi connectivity index (χ2n) is 4.25. The maximum absolute atomic E-state index is 14.2. The van der Waals surface area contributed by atoms with E-state index in [4.69, 9.17) is 11.6 Å². The second-order valence-corrected chi connectivity index (χ2v) is 5.48. The maximum Gasteiger partial charge on any atom is 0.194 e. The highest BCUT2D eigenvalue weighted by Crippen LogP contribution is 2.34. The van der Waals surface area contributed by atoms with Gasteiger partial charge in [-0.15, -0.1) is 0 Å². The van der Waals surface area contributed by atoms with Gasteiger partial charge in [0, 0.05) is 15.6 Å². The standard InChI is InChI=1S/C14H9BrClF4N/c1-21-14(6-2-4-8(15)10(16)11(6)18)7-3-5-9(17)13(20)12(7)19/h2-5,14,21H,1H3. The molecule has 1 unspecified atom stereocenters. The van der Waals surface area contributed by atoms with Gasteiger partial charge in [-0.1, -0.05) is 23.7 Å². The molecule has 0 spiro atoms. The zero-order chi connectivity index (χ0) is 15.7. The summed E-state index contributed by atoms with van der Waals surface area (Å²) in [4.78, 5) is 0. The van der Waals surface area contributed by atoms with Crippen LogP contribution in [0.1, 0.15) is 17.2 Å². The number of hydrogen-bond acceptors (Lipinski definition) is 1. The molecule has 0 bridgehead atoms. The summed E-state index contributed by atoms with van der Waals surface area (Å²) >= 11 is 8.86. The van der Waals surface area contributed by atoms with E-state index in [-0.39, 0.29) is 16.1 Å². The summed E-state index contributed by atoms with van der Waals surface area (Å²) in [6.07, 6.45) is 0. The van der Waals surface area contributed by atoms with Crippen molar-refractivity contribution < 1.29 is 17.6 Å². The fourth-order valence-electron chi connectivity index (χ4n) is 2.01. The van der Waals surface area contributed by atoms with Gasteiger partial charge in [-0.3, -0.25) is 0 Å². The van der Waals surface area contributed by atoms with Crippen LogP contribution in [0.15, 0.2) is 28.7 Å². The average Bonchev–Trinajstić information content (AvgIpc) is 2.47. The Hall–Kier alpha value is -1.11. The van der Waals surface area contributed by atoms with Crippen LogP contribution in [-0.4, -0.2) is 7.05 Å². The number of halogens is 6. The molecule has 2 aromatic rings. The predicted molar refractivity (Wildman–Crippen MR) is 76.3 cm³/mol. The summed E-state index contributed by atoms with van der Waals surface area (Å²) in [6, 6.07) is 3.71. The molecule has 1 nitrogen and oxygen atoms in total. The van der Waals surface area contributed by atoms with Crippen LogP contribution in [0.3, 0.4) is 0 Å². The lowest BCUT2D eigenvalue weighted by atomic mass is 9.97. The van der Waals surface area contributed by atoms with Gasteiger partial charge < -0.3 is 5.32 Å². The van der Waals surface area contributed by atoms with E-state index in [1.165, 1.54) is 19.2 Å². The van der Waals surface area contributed by atoms with E-state index in [1.807, 2.05) is 0 Å². The average molecular weight is 383 g/mol. The van der Waals surface area contributed by atoms with Crippen molar-refractivity contribution >= 4 is 27.5 Å². The smallest absolute Gasteiger partial charge is 0.194 e. The molecule has 0 saturated heterocycles. The minimum absolute atomic E-state index is 0.0237. The van der Waals surface area contributed by atoms with Crippen molar-refractivity contribution in [2.24, 2.45) is 0 Å². The Morgan fingerprint density at radius 1 is 0.952 bits per heavy atom. The van der Waals surface area contributed by atoms with E-state index >= 15 is 0 Å². The van der Waals surface area contributed by atoms with Crippen LogP contribution in [0, 0.1) is 23.3 Å². The van der Waals surface area contributed by atoms with Crippen LogP contribution in [0.2, 0.25) is 5.02 Å². The first-order valence-electron chi connectivity index (χ1n) is 5.82. The Morgan fingerprint density at radius 3 is 2.14 bits per heavy atom. The van der Waals surface area contributed by atoms with Crippen molar-refractivity contribution in [2.75, 3.05) is 7.05 Å². The Labute approximate surface area is 132 Å². The minimum atomic E-state index is -1.60. The first kappa shape index (κ1) is 16.3. The lowest BCUT2D eigenvalue weighted by molar-refractivity contribution is 0.433. The molecule has 21 heavy (non-hydrogen) atoms. The topological polar surface area (TPSA) is 12.0 Å². The van der Waals surface area contributed by atoms with Crippen molar-refractivity contribution in [1.29, 1.82) is 0 Å². The molecule has 112 valence electrons. The Kier molecular flexibility index (Phi) is 4.91. The highest BCUT2D eigenvalue weighted by Gasteiger charge is 2.24. The van der Waals surface area contributed by atoms with Crippen LogP contribution in [-0.2, 0) is 0 Å². The molecular weight excluding hydrogens is 374 g/mol. The van der Waals surface area contributed by atoms with Crippen molar-refractivity contribution in [3.63, 3.8) is 0 Å². The highest BCUT2D eigenvalue weighted by molar-refractivity contribution is 9.10. The molecule has 2 aromatic carbocycles. The molecule has 0 aliphatic rings. The Balaban J connectivity index is 2.61. The third-order valence-corrected chi connectivity index (χ3v) is 4.30. The predicted octanol–water partition coefficient (Wildman–Crippen LogP) is 4.97. The number of nitrogens with one attached hydrogen (secondary N) is 1. The van der Waals surface area contributed by atoms with Gasteiger partial charge in [0.2, 0.25) is 0 Å². The molecule has 1 N–H and O–H groups in total. The highest BCUT2D eigenvalue weighted by atomic mass is 79.9. The number of rotatable bonds is 3. The monoisotopic (exact) mass is 381 g/mol. The summed E-state index contributed by atoms with van der Waals surface area (Å²) < 4.78 is 54.8. The second kappa shape index (κ2) is 6.34. The Morgan fingerprint density at radius 2 is 1.52 bits per heavy atom. The van der Waals surface area contributed by atoms with Crippen LogP contribution in [0.5, 0.6) is 0 Å². The van der Waals surface area contributed by atoms with Gasteiger partial charge in [0.05, 0.1) is 11.1 Å². The molecule has 0 amide bonds. The van der Waals surface area contributed by atoms with Gasteiger partial charge in [0.25, 0.3) is 0 Å². The molecule has 7 heteroatoms. The van der Waals surface area contributed by atoms with Crippen molar-refractivity contribution in [1.82, 2.24) is 5.32 Å². The molecule has 0 heterocycles. The minimum Gasteiger partial charge on any atom is -0.309 e. The van der Waals surface area contributed by atoms with Gasteiger partial charge in [0.1, 0.15) is 5.82 Å². The van der Waals surface area contributed by atoms with Gasteiger partial charge >= 0.3 is 0 Å². The van der Waals surface area contributed by atoms with E-state index in [0.29, 0.717) is 4.47 Å². The lowest BCUT2D eigenvalue weighted by Crippen LogP contribution is -2.21. The van der Waals surface area contributed by atoms with Crippen LogP contribution < -0.4 is 5.32 Å². The van der Waals surface area contributed by atoms with E-state index in [9.17, 15) is 17.6 Å². The summed E-state index contributed by atoms with van der Waals surface area (Å²) in [6.45, 7) is 0. The van der Waals surface area contributed by atoms with E-state index < -0.39 is 29.3 Å². The van der Waals surface area contributed by atoms with Gasteiger partial charge in [-0.05, 0) is 35.1 Å². The number of benzene rings is 2. The molecule has 0 aliphatic carbocycles. The van der Waals surface area contributed by atoms with Gasteiger partial charge in [-0.2, -0.15) is 0 Å². The van der Waals surface area contributed by atoms with Crippen LogP contribution >= 0.6 is 27.5 Å². The SMILES string of the molecule is CNC(c1ccc(F)c(F)c1F)c1ccc(Br)c(Cl)c1F. The lowest BCUT2D eigenvalue weighted by Gasteiger charge is -2.19. The molecule has 0 saturated carbocycles. The molecule has 0 aliphatic heterocycles. The molecule has 0 aromatic heterocycles. The quantitative estimate of drug-likeness (QED) is 0.584. The molecule has 0 radical (unpaired) electrons. The van der Waals surface area contributed by atoms with Crippen molar-refractivity contribution in [3.8, 4) is 0 Å². The largest absolute Gasteiger partial charge is 0.309 e. The van der Waals surface area contributed by atoms with E-state index in [0.717, 1.165) is 12.1 Å². The Bertz CT molecular complexity index is 636. The third-order valence-electron chi connectivity index (χ3n) is 3.04. The molecule has 2 rings (SSSR count). The van der Waals surface area contributed by atoms with Crippen molar-refractivity contribution in [2.45, 2.75) is 6.04 Å². The summed E-state index contributed by atoms with van der Waals surface area (Å²) in [5, 5.41) is 2.50. The summed E-state index contributed by atoms with van der Waals surface area (Å²) in [7, 11) is 1.45. The van der Waals surface area contributed by atoms with Crippen LogP contribution in [0.4, 0.5) is 17.6 Å². The van der Waals surface area contributed by atoms with Crippen LogP contribution in [0.25, 0.3) is 0 Å². The molecule has 0 fully saturated rings. The van der Waals surface area contributed by atoms with Gasteiger partial charge in [-0.25, -0.2) is 17.6 Å². The van der Waals surface area contributed by atoms with E-state index in [2.05, 4.69) is 21.2 Å². The first-order chi connectivity index (χ1) is 9.88. The zero-order valence-electron chi connectivity index (χ0n) is 10.7.